The zero-order valence-corrected chi connectivity index (χ0v) is 16.1. The Morgan fingerprint density at radius 2 is 2.24 bits per heavy atom. The number of hydrogen-bond acceptors (Lipinski definition) is 7. The molecule has 29 heavy (non-hydrogen) atoms. The van der Waals surface area contributed by atoms with Gasteiger partial charge in [-0.15, -0.1) is 11.3 Å². The van der Waals surface area contributed by atoms with Gasteiger partial charge < -0.3 is 24.4 Å². The second-order valence-electron chi connectivity index (χ2n) is 7.61. The van der Waals surface area contributed by atoms with Crippen LogP contribution in [0.4, 0.5) is 5.13 Å². The Balaban J connectivity index is 1.25. The van der Waals surface area contributed by atoms with Crippen molar-refractivity contribution in [2.75, 3.05) is 18.7 Å². The number of rotatable bonds is 4. The fraction of sp³-hybridized carbons (Fsp3) is 0.350. The predicted molar refractivity (Wildman–Crippen MR) is 102 cm³/mol. The van der Waals surface area contributed by atoms with Crippen molar-refractivity contribution in [2.45, 2.75) is 18.2 Å². The molecule has 3 unspecified atom stereocenters. The molecule has 2 amide bonds. The summed E-state index contributed by atoms with van der Waals surface area (Å²) in [4.78, 5) is 32.1. The minimum absolute atomic E-state index is 0.0613. The molecular formula is C20H17N3O5S. The number of amides is 2. The van der Waals surface area contributed by atoms with E-state index in [1.807, 2.05) is 30.4 Å². The third-order valence-corrected chi connectivity index (χ3v) is 6.64. The molecule has 6 rings (SSSR count). The van der Waals surface area contributed by atoms with Gasteiger partial charge >= 0.3 is 0 Å². The second-order valence-corrected chi connectivity index (χ2v) is 8.50. The van der Waals surface area contributed by atoms with E-state index in [0.717, 1.165) is 5.56 Å². The first-order valence-electron chi connectivity index (χ1n) is 9.38. The van der Waals surface area contributed by atoms with E-state index in [4.69, 9.17) is 14.2 Å². The van der Waals surface area contributed by atoms with Crippen molar-refractivity contribution < 1.29 is 23.8 Å². The van der Waals surface area contributed by atoms with Gasteiger partial charge in [-0.2, -0.15) is 0 Å². The number of hydrogen-bond donors (Lipinski definition) is 1. The van der Waals surface area contributed by atoms with Gasteiger partial charge in [-0.3, -0.25) is 9.59 Å². The molecule has 0 radical (unpaired) electrons. The minimum atomic E-state index is -0.733. The molecule has 2 saturated heterocycles. The van der Waals surface area contributed by atoms with Gasteiger partial charge in [0.05, 0.1) is 24.5 Å². The first-order valence-corrected chi connectivity index (χ1v) is 10.3. The molecule has 0 aliphatic carbocycles. The van der Waals surface area contributed by atoms with Crippen LogP contribution in [0.25, 0.3) is 0 Å². The van der Waals surface area contributed by atoms with E-state index in [-0.39, 0.29) is 24.7 Å². The molecule has 1 aromatic heterocycles. The zero-order valence-electron chi connectivity index (χ0n) is 15.2. The summed E-state index contributed by atoms with van der Waals surface area (Å²) in [6, 6.07) is 5.67. The molecule has 4 aliphatic rings. The zero-order chi connectivity index (χ0) is 19.6. The largest absolute Gasteiger partial charge is 0.454 e. The van der Waals surface area contributed by atoms with Crippen LogP contribution >= 0.6 is 11.3 Å². The summed E-state index contributed by atoms with van der Waals surface area (Å²) in [5.74, 6) is 0.0314. The number of ether oxygens (including phenoxy) is 3. The molecule has 148 valence electrons. The molecule has 1 spiro atoms. The van der Waals surface area contributed by atoms with E-state index in [1.54, 1.807) is 16.5 Å². The lowest BCUT2D eigenvalue weighted by molar-refractivity contribution is -0.136. The first-order chi connectivity index (χ1) is 14.1. The van der Waals surface area contributed by atoms with Crippen LogP contribution in [0, 0.1) is 11.8 Å². The van der Waals surface area contributed by atoms with E-state index < -0.39 is 17.4 Å². The number of carbonyl (C=O) groups excluding carboxylic acids is 2. The smallest absolute Gasteiger partial charge is 0.233 e. The minimum Gasteiger partial charge on any atom is -0.454 e. The lowest BCUT2D eigenvalue weighted by atomic mass is 9.77. The molecule has 2 aromatic rings. The fourth-order valence-corrected chi connectivity index (χ4v) is 5.28. The van der Waals surface area contributed by atoms with Gasteiger partial charge in [0.2, 0.25) is 18.6 Å². The lowest BCUT2D eigenvalue weighted by Crippen LogP contribution is -2.41. The highest BCUT2D eigenvalue weighted by atomic mass is 32.1. The van der Waals surface area contributed by atoms with Crippen LogP contribution in [0.15, 0.2) is 41.9 Å². The van der Waals surface area contributed by atoms with E-state index in [1.165, 1.54) is 11.3 Å². The van der Waals surface area contributed by atoms with Crippen molar-refractivity contribution in [3.05, 3.63) is 47.5 Å². The Hall–Kier alpha value is -2.91. The van der Waals surface area contributed by atoms with Crippen molar-refractivity contribution >= 4 is 28.3 Å². The summed E-state index contributed by atoms with van der Waals surface area (Å²) in [5, 5.41) is 5.14. The molecule has 0 saturated carbocycles. The summed E-state index contributed by atoms with van der Waals surface area (Å²) >= 11 is 1.35. The summed E-state index contributed by atoms with van der Waals surface area (Å²) in [6.07, 6.45) is 5.11. The SMILES string of the molecule is O=C(Nc1nccs1)C1C2C=C[C@]3(CN(Cc4ccc5c(c4)OCO5)C(=O)C13)O2. The Labute approximate surface area is 170 Å². The van der Waals surface area contributed by atoms with Gasteiger partial charge in [0.25, 0.3) is 0 Å². The molecule has 2 bridgehead atoms. The van der Waals surface area contributed by atoms with Crippen LogP contribution in [-0.2, 0) is 20.9 Å². The van der Waals surface area contributed by atoms with Crippen LogP contribution < -0.4 is 14.8 Å². The Morgan fingerprint density at radius 1 is 1.34 bits per heavy atom. The third-order valence-electron chi connectivity index (χ3n) is 5.95. The van der Waals surface area contributed by atoms with Crippen molar-refractivity contribution in [3.63, 3.8) is 0 Å². The maximum absolute atomic E-state index is 13.3. The van der Waals surface area contributed by atoms with Crippen LogP contribution in [0.1, 0.15) is 5.56 Å². The van der Waals surface area contributed by atoms with Crippen LogP contribution in [-0.4, -0.2) is 46.7 Å². The molecule has 5 heterocycles. The molecule has 1 N–H and O–H groups in total. The second kappa shape index (κ2) is 6.04. The highest BCUT2D eigenvalue weighted by Crippen LogP contribution is 2.52. The summed E-state index contributed by atoms with van der Waals surface area (Å²) in [6.45, 7) is 1.07. The maximum Gasteiger partial charge on any atom is 0.233 e. The summed E-state index contributed by atoms with van der Waals surface area (Å²) < 4.78 is 16.9. The van der Waals surface area contributed by atoms with E-state index >= 15 is 0 Å². The Bertz CT molecular complexity index is 1040. The van der Waals surface area contributed by atoms with E-state index in [2.05, 4.69) is 10.3 Å². The van der Waals surface area contributed by atoms with Crippen molar-refractivity contribution in [3.8, 4) is 11.5 Å². The van der Waals surface area contributed by atoms with Crippen molar-refractivity contribution in [1.82, 2.24) is 9.88 Å². The van der Waals surface area contributed by atoms with Gasteiger partial charge in [-0.05, 0) is 17.7 Å². The predicted octanol–water partition coefficient (Wildman–Crippen LogP) is 1.79. The van der Waals surface area contributed by atoms with Crippen LogP contribution in [0.3, 0.4) is 0 Å². The average Bonchev–Trinajstić information content (AvgIpc) is 3.50. The highest BCUT2D eigenvalue weighted by Gasteiger charge is 2.66. The average molecular weight is 411 g/mol. The number of nitrogens with one attached hydrogen (secondary N) is 1. The number of anilines is 1. The highest BCUT2D eigenvalue weighted by molar-refractivity contribution is 7.13. The molecule has 4 atom stereocenters. The van der Waals surface area contributed by atoms with E-state index in [9.17, 15) is 9.59 Å². The number of carbonyl (C=O) groups is 2. The third kappa shape index (κ3) is 2.50. The topological polar surface area (TPSA) is 90.0 Å². The maximum atomic E-state index is 13.3. The molecular weight excluding hydrogens is 394 g/mol. The number of benzene rings is 1. The van der Waals surface area contributed by atoms with Gasteiger partial charge in [0.1, 0.15) is 5.60 Å². The number of fused-ring (bicyclic) bond motifs is 2. The standard InChI is InChI=1S/C20H17N3O5S/c24-17(22-19-21-5-6-29-19)15-13-3-4-20(28-13)9-23(18(25)16(15)20)8-11-1-2-12-14(7-11)27-10-26-12/h1-7,13,15-16H,8-10H2,(H,21,22,24)/t13?,15?,16?,20-/m1/s1. The monoisotopic (exact) mass is 411 g/mol. The number of thiazole rings is 1. The van der Waals surface area contributed by atoms with Gasteiger partial charge in [-0.25, -0.2) is 4.98 Å². The van der Waals surface area contributed by atoms with Gasteiger partial charge in [0, 0.05) is 18.1 Å². The lowest BCUT2D eigenvalue weighted by Gasteiger charge is -2.23. The quantitative estimate of drug-likeness (QED) is 0.772. The Morgan fingerprint density at radius 3 is 3.10 bits per heavy atom. The number of aromatic nitrogens is 1. The molecule has 8 nitrogen and oxygen atoms in total. The molecule has 4 aliphatic heterocycles. The fourth-order valence-electron chi connectivity index (χ4n) is 4.75. The Kier molecular flexibility index (Phi) is 3.54. The normalized spacial score (nSPS) is 30.8. The molecule has 9 heteroatoms. The number of likely N-dealkylation sites (tertiary alicyclic amines) is 1. The van der Waals surface area contributed by atoms with Crippen molar-refractivity contribution in [1.29, 1.82) is 0 Å². The molecule has 1 aromatic carbocycles. The van der Waals surface area contributed by atoms with Gasteiger partial charge in [0.15, 0.2) is 16.6 Å². The van der Waals surface area contributed by atoms with E-state index in [0.29, 0.717) is 29.7 Å². The summed E-state index contributed by atoms with van der Waals surface area (Å²) in [5.41, 5.74) is 0.212. The summed E-state index contributed by atoms with van der Waals surface area (Å²) in [7, 11) is 0. The van der Waals surface area contributed by atoms with Gasteiger partial charge in [-0.1, -0.05) is 18.2 Å². The van der Waals surface area contributed by atoms with Crippen LogP contribution in [0.2, 0.25) is 0 Å². The van der Waals surface area contributed by atoms with Crippen LogP contribution in [0.5, 0.6) is 11.5 Å². The number of nitrogens with zero attached hydrogens (tertiary/aromatic N) is 2. The first kappa shape index (κ1) is 17.0. The van der Waals surface area contributed by atoms with Crippen molar-refractivity contribution in [2.24, 2.45) is 11.8 Å². The molecule has 2 fully saturated rings.